The fourth-order valence-electron chi connectivity index (χ4n) is 3.56. The first-order chi connectivity index (χ1) is 9.15. The molecule has 0 saturated heterocycles. The van der Waals surface area contributed by atoms with Gasteiger partial charge in [-0.3, -0.25) is 0 Å². The van der Waals surface area contributed by atoms with E-state index in [0.717, 1.165) is 22.6 Å². The lowest BCUT2D eigenvalue weighted by Crippen LogP contribution is -2.22. The van der Waals surface area contributed by atoms with E-state index in [1.807, 2.05) is 36.4 Å². The monoisotopic (exact) mass is 378 g/mol. The van der Waals surface area contributed by atoms with Gasteiger partial charge in [-0.1, -0.05) is 68.3 Å². The molecule has 2 aromatic carbocycles. The van der Waals surface area contributed by atoms with Crippen molar-refractivity contribution in [3.8, 4) is 11.5 Å². The van der Waals surface area contributed by atoms with Crippen LogP contribution in [0.15, 0.2) is 48.5 Å². The Balaban J connectivity index is 1.86. The second kappa shape index (κ2) is 2.86. The number of hydrogen-bond donors (Lipinski definition) is 0. The number of fused-ring (bicyclic) bond motifs is 2. The zero-order valence-electron chi connectivity index (χ0n) is 9.69. The molecule has 4 heteroatoms. The Morgan fingerprint density at radius 3 is 1.58 bits per heavy atom. The summed E-state index contributed by atoms with van der Waals surface area (Å²) in [5.41, 5.74) is 1.19. The van der Waals surface area contributed by atoms with Gasteiger partial charge in [0.05, 0.1) is 0 Å². The lowest BCUT2D eigenvalue weighted by molar-refractivity contribution is 0.121. The molecule has 5 rings (SSSR count). The highest BCUT2D eigenvalue weighted by Crippen LogP contribution is 2.87. The molecule has 94 valence electrons. The Morgan fingerprint density at radius 1 is 0.684 bits per heavy atom. The van der Waals surface area contributed by atoms with Gasteiger partial charge in [-0.05, 0) is 12.1 Å². The summed E-state index contributed by atoms with van der Waals surface area (Å²) in [4.78, 5) is 0. The topological polar surface area (TPSA) is 18.5 Å². The van der Waals surface area contributed by atoms with Crippen molar-refractivity contribution >= 4 is 31.9 Å². The van der Waals surface area contributed by atoms with Gasteiger partial charge in [0.25, 0.3) is 0 Å². The van der Waals surface area contributed by atoms with Gasteiger partial charge >= 0.3 is 0 Å². The highest BCUT2D eigenvalue weighted by Gasteiger charge is 2.98. The van der Waals surface area contributed by atoms with Crippen LogP contribution in [0.1, 0.15) is 11.1 Å². The second-order valence-corrected chi connectivity index (χ2v) is 8.58. The van der Waals surface area contributed by atoms with E-state index >= 15 is 0 Å². The maximum Gasteiger partial charge on any atom is 0.213 e. The summed E-state index contributed by atoms with van der Waals surface area (Å²) < 4.78 is 12.2. The van der Waals surface area contributed by atoms with Crippen LogP contribution in [0.4, 0.5) is 0 Å². The molecule has 2 unspecified atom stereocenters. The minimum absolute atomic E-state index is 0.400. The van der Waals surface area contributed by atoms with Crippen molar-refractivity contribution in [3.63, 3.8) is 0 Å². The van der Waals surface area contributed by atoms with E-state index in [1.54, 1.807) is 0 Å². The highest BCUT2D eigenvalue weighted by atomic mass is 79.9. The van der Waals surface area contributed by atoms with Crippen molar-refractivity contribution in [2.45, 2.75) is 14.4 Å². The molecule has 0 amide bonds. The lowest BCUT2D eigenvalue weighted by atomic mass is 10.0. The van der Waals surface area contributed by atoms with Crippen LogP contribution in [0.2, 0.25) is 0 Å². The van der Waals surface area contributed by atoms with Gasteiger partial charge < -0.3 is 9.47 Å². The minimum atomic E-state index is -0.500. The first-order valence-corrected chi connectivity index (χ1v) is 7.69. The molecular formula is C15H8Br2O2. The van der Waals surface area contributed by atoms with Crippen molar-refractivity contribution in [2.24, 2.45) is 0 Å². The molecule has 2 heterocycles. The minimum Gasteiger partial charge on any atom is -0.475 e. The maximum atomic E-state index is 6.31. The predicted octanol–water partition coefficient (Wildman–Crippen LogP) is 4.06. The van der Waals surface area contributed by atoms with Gasteiger partial charge in [0.1, 0.15) is 11.5 Å². The summed E-state index contributed by atoms with van der Waals surface area (Å²) in [6.07, 6.45) is 0. The zero-order chi connectivity index (χ0) is 12.9. The van der Waals surface area contributed by atoms with Gasteiger partial charge in [0.2, 0.25) is 11.2 Å². The third kappa shape index (κ3) is 0.827. The molecule has 2 aromatic rings. The number of benzene rings is 2. The number of ether oxygens (including phenoxy) is 2. The van der Waals surface area contributed by atoms with E-state index in [9.17, 15) is 0 Å². The normalized spacial score (nSPS) is 34.4. The number of alkyl halides is 2. The van der Waals surface area contributed by atoms with Crippen LogP contribution in [0.5, 0.6) is 11.5 Å². The first-order valence-electron chi connectivity index (χ1n) is 6.10. The Labute approximate surface area is 127 Å². The third-order valence-electron chi connectivity index (χ3n) is 4.38. The van der Waals surface area contributed by atoms with Crippen molar-refractivity contribution in [2.75, 3.05) is 0 Å². The largest absolute Gasteiger partial charge is 0.475 e. The molecule has 0 spiro atoms. The molecule has 2 nitrogen and oxygen atoms in total. The third-order valence-corrected chi connectivity index (χ3v) is 6.61. The van der Waals surface area contributed by atoms with Gasteiger partial charge in [0, 0.05) is 11.1 Å². The Hall–Kier alpha value is -1.00. The van der Waals surface area contributed by atoms with Crippen LogP contribution in [-0.2, 0) is 11.2 Å². The van der Waals surface area contributed by atoms with Gasteiger partial charge in [0.15, 0.2) is 3.23 Å². The van der Waals surface area contributed by atoms with Gasteiger partial charge in [-0.15, -0.1) is 0 Å². The molecule has 1 aliphatic carbocycles. The predicted molar refractivity (Wildman–Crippen MR) is 78.1 cm³/mol. The molecule has 0 bridgehead atoms. The number of hydrogen-bond acceptors (Lipinski definition) is 2. The lowest BCUT2D eigenvalue weighted by Gasteiger charge is -2.22. The van der Waals surface area contributed by atoms with Crippen LogP contribution in [0, 0.1) is 0 Å². The highest BCUT2D eigenvalue weighted by molar-refractivity contribution is 9.25. The average molecular weight is 380 g/mol. The zero-order valence-corrected chi connectivity index (χ0v) is 12.9. The first kappa shape index (κ1) is 10.7. The SMILES string of the molecule is BrC1(Br)C23Oc4ccccc4C12Oc1ccccc13. The van der Waals surface area contributed by atoms with E-state index in [1.165, 1.54) is 0 Å². The smallest absolute Gasteiger partial charge is 0.213 e. The quantitative estimate of drug-likeness (QED) is 0.642. The molecule has 1 fully saturated rings. The van der Waals surface area contributed by atoms with E-state index < -0.39 is 14.4 Å². The van der Waals surface area contributed by atoms with E-state index in [2.05, 4.69) is 44.0 Å². The molecule has 0 aromatic heterocycles. The molecule has 3 aliphatic rings. The molecule has 1 saturated carbocycles. The van der Waals surface area contributed by atoms with Crippen LogP contribution >= 0.6 is 31.9 Å². The summed E-state index contributed by atoms with van der Waals surface area (Å²) in [6.45, 7) is 0. The van der Waals surface area contributed by atoms with Crippen molar-refractivity contribution in [1.82, 2.24) is 0 Å². The molecule has 0 N–H and O–H groups in total. The number of rotatable bonds is 0. The summed E-state index contributed by atoms with van der Waals surface area (Å²) >= 11 is 7.52. The summed E-state index contributed by atoms with van der Waals surface area (Å²) in [7, 11) is 0. The Kier molecular flexibility index (Phi) is 1.62. The fraction of sp³-hybridized carbons (Fsp3) is 0.200. The summed E-state index contributed by atoms with van der Waals surface area (Å²) in [5.74, 6) is 1.82. The molecule has 2 aliphatic heterocycles. The van der Waals surface area contributed by atoms with Crippen molar-refractivity contribution < 1.29 is 9.47 Å². The van der Waals surface area contributed by atoms with Gasteiger partial charge in [-0.2, -0.15) is 0 Å². The van der Waals surface area contributed by atoms with Crippen LogP contribution in [-0.4, -0.2) is 3.23 Å². The average Bonchev–Trinajstić information content (AvgIpc) is 2.70. The number of halogens is 2. The van der Waals surface area contributed by atoms with E-state index in [-0.39, 0.29) is 0 Å². The van der Waals surface area contributed by atoms with Crippen LogP contribution in [0.25, 0.3) is 0 Å². The molecule has 19 heavy (non-hydrogen) atoms. The second-order valence-electron chi connectivity index (χ2n) is 5.13. The summed E-state index contributed by atoms with van der Waals surface area (Å²) in [5, 5.41) is 0. The van der Waals surface area contributed by atoms with Crippen molar-refractivity contribution in [1.29, 1.82) is 0 Å². The molecule has 2 atom stereocenters. The summed E-state index contributed by atoms with van der Waals surface area (Å²) in [6, 6.07) is 16.2. The van der Waals surface area contributed by atoms with Gasteiger partial charge in [-0.25, -0.2) is 0 Å². The standard InChI is InChI=1S/C15H8Br2O2/c16-15(17)13-9-5-1-3-7-11(9)18-14(13,15)10-6-2-4-8-12(10)19-13/h1-8H. The van der Waals surface area contributed by atoms with Crippen molar-refractivity contribution in [3.05, 3.63) is 59.7 Å². The Morgan fingerprint density at radius 2 is 1.11 bits per heavy atom. The fourth-order valence-corrected chi connectivity index (χ4v) is 5.65. The number of para-hydroxylation sites is 2. The maximum absolute atomic E-state index is 6.31. The van der Waals surface area contributed by atoms with Crippen LogP contribution < -0.4 is 9.47 Å². The molecule has 0 radical (unpaired) electrons. The van der Waals surface area contributed by atoms with Crippen LogP contribution in [0.3, 0.4) is 0 Å². The Bertz CT molecular complexity index is 681. The van der Waals surface area contributed by atoms with E-state index in [0.29, 0.717) is 0 Å². The molecular weight excluding hydrogens is 372 g/mol. The van der Waals surface area contributed by atoms with E-state index in [4.69, 9.17) is 9.47 Å².